The molecule has 1 fully saturated rings. The van der Waals surface area contributed by atoms with Gasteiger partial charge in [0.2, 0.25) is 0 Å². The van der Waals surface area contributed by atoms with E-state index in [0.717, 1.165) is 19.3 Å². The van der Waals surface area contributed by atoms with Gasteiger partial charge in [-0.15, -0.1) is 0 Å². The molecule has 6 nitrogen and oxygen atoms in total. The number of rotatable bonds is 7. The molecule has 3 atom stereocenters. The van der Waals surface area contributed by atoms with Gasteiger partial charge in [0.1, 0.15) is 0 Å². The Hall–Kier alpha value is -1.95. The summed E-state index contributed by atoms with van der Waals surface area (Å²) in [5, 5.41) is 3.24. The molecule has 0 aromatic heterocycles. The quantitative estimate of drug-likeness (QED) is 0.704. The highest BCUT2D eigenvalue weighted by atomic mass is 35.5. The molecule has 0 bridgehead atoms. The summed E-state index contributed by atoms with van der Waals surface area (Å²) in [5.41, 5.74) is 0.200. The number of esters is 1. The van der Waals surface area contributed by atoms with Crippen LogP contribution in [-0.2, 0) is 9.53 Å². The Morgan fingerprint density at radius 1 is 1.30 bits per heavy atom. The maximum Gasteiger partial charge on any atom is 0.339 e. The molecular formula is C20H28ClNO5. The number of carbonyl (C=O) groups excluding carboxylic acids is 2. The molecule has 0 heterocycles. The lowest BCUT2D eigenvalue weighted by molar-refractivity contribution is -0.130. The average Bonchev–Trinajstić information content (AvgIpc) is 2.64. The molecule has 0 unspecified atom stereocenters. The molecule has 1 aliphatic rings. The summed E-state index contributed by atoms with van der Waals surface area (Å²) in [6.45, 7) is 5.94. The molecule has 1 saturated carbocycles. The van der Waals surface area contributed by atoms with Crippen molar-refractivity contribution in [3.63, 3.8) is 0 Å². The zero-order valence-electron chi connectivity index (χ0n) is 16.3. The van der Waals surface area contributed by atoms with Gasteiger partial charge in [-0.3, -0.25) is 4.79 Å². The lowest BCUT2D eigenvalue weighted by atomic mass is 9.86. The van der Waals surface area contributed by atoms with Gasteiger partial charge in [0.25, 0.3) is 5.91 Å². The molecule has 1 amide bonds. The highest BCUT2D eigenvalue weighted by Gasteiger charge is 2.27. The Balaban J connectivity index is 2.03. The standard InChI is InChI=1S/C20H28ClNO5/c1-5-26-18-15(21)10-14(11-17(18)25-4)20(24)27-13(3)19(23)22-16-9-7-6-8-12(16)2/h10-13,16H,5-9H2,1-4H3,(H,22,23)/t12-,13-,16+/m0/s1. The Morgan fingerprint density at radius 3 is 2.63 bits per heavy atom. The monoisotopic (exact) mass is 397 g/mol. The number of hydrogen-bond acceptors (Lipinski definition) is 5. The van der Waals surface area contributed by atoms with Crippen LogP contribution < -0.4 is 14.8 Å². The number of methoxy groups -OCH3 is 1. The Bertz CT molecular complexity index is 679. The average molecular weight is 398 g/mol. The van der Waals surface area contributed by atoms with Crippen LogP contribution in [0.2, 0.25) is 5.02 Å². The van der Waals surface area contributed by atoms with Gasteiger partial charge in [-0.1, -0.05) is 31.4 Å². The summed E-state index contributed by atoms with van der Waals surface area (Å²) in [6, 6.07) is 3.07. The van der Waals surface area contributed by atoms with Crippen LogP contribution in [0.1, 0.15) is 56.8 Å². The number of benzene rings is 1. The molecule has 7 heteroatoms. The molecule has 0 spiro atoms. The minimum Gasteiger partial charge on any atom is -0.493 e. The number of hydrogen-bond donors (Lipinski definition) is 1. The van der Waals surface area contributed by atoms with Gasteiger partial charge >= 0.3 is 5.97 Å². The van der Waals surface area contributed by atoms with Crippen LogP contribution >= 0.6 is 11.6 Å². The third kappa shape index (κ3) is 5.51. The third-order valence-corrected chi connectivity index (χ3v) is 5.13. The van der Waals surface area contributed by atoms with Crippen molar-refractivity contribution in [1.29, 1.82) is 0 Å². The van der Waals surface area contributed by atoms with Crippen LogP contribution in [0.25, 0.3) is 0 Å². The molecule has 1 N–H and O–H groups in total. The fourth-order valence-corrected chi connectivity index (χ4v) is 3.50. The van der Waals surface area contributed by atoms with Gasteiger partial charge < -0.3 is 19.5 Å². The molecule has 0 saturated heterocycles. The van der Waals surface area contributed by atoms with Crippen LogP contribution in [-0.4, -0.2) is 37.7 Å². The molecule has 2 rings (SSSR count). The van der Waals surface area contributed by atoms with Crippen molar-refractivity contribution in [2.75, 3.05) is 13.7 Å². The van der Waals surface area contributed by atoms with Gasteiger partial charge in [-0.25, -0.2) is 4.79 Å². The van der Waals surface area contributed by atoms with E-state index in [0.29, 0.717) is 24.0 Å². The number of halogens is 1. The van der Waals surface area contributed by atoms with Crippen molar-refractivity contribution in [2.24, 2.45) is 5.92 Å². The minimum atomic E-state index is -0.900. The summed E-state index contributed by atoms with van der Waals surface area (Å²) in [6.07, 6.45) is 3.46. The lowest BCUT2D eigenvalue weighted by Crippen LogP contribution is -2.45. The third-order valence-electron chi connectivity index (χ3n) is 4.85. The van der Waals surface area contributed by atoms with E-state index in [2.05, 4.69) is 12.2 Å². The van der Waals surface area contributed by atoms with Gasteiger partial charge in [0, 0.05) is 6.04 Å². The van der Waals surface area contributed by atoms with Crippen molar-refractivity contribution in [3.8, 4) is 11.5 Å². The van der Waals surface area contributed by atoms with E-state index in [1.807, 2.05) is 6.92 Å². The van der Waals surface area contributed by atoms with Crippen LogP contribution in [0.4, 0.5) is 0 Å². The fourth-order valence-electron chi connectivity index (χ4n) is 3.23. The second kappa shape index (κ2) is 9.83. The molecule has 1 aromatic rings. The summed E-state index contributed by atoms with van der Waals surface area (Å²) < 4.78 is 16.0. The second-order valence-corrected chi connectivity index (χ2v) is 7.25. The van der Waals surface area contributed by atoms with Gasteiger partial charge in [0.15, 0.2) is 17.6 Å². The summed E-state index contributed by atoms with van der Waals surface area (Å²) >= 11 is 6.19. The Morgan fingerprint density at radius 2 is 2.00 bits per heavy atom. The van der Waals surface area contributed by atoms with Gasteiger partial charge in [0.05, 0.1) is 24.3 Å². The molecule has 1 aromatic carbocycles. The molecule has 0 aliphatic heterocycles. The predicted octanol–water partition coefficient (Wildman–Crippen LogP) is 3.99. The van der Waals surface area contributed by atoms with Crippen molar-refractivity contribution < 1.29 is 23.8 Å². The number of carbonyl (C=O) groups is 2. The van der Waals surface area contributed by atoms with Crippen LogP contribution in [0.15, 0.2) is 12.1 Å². The molecule has 1 aliphatic carbocycles. The normalized spacial score (nSPS) is 20.5. The first-order chi connectivity index (χ1) is 12.9. The summed E-state index contributed by atoms with van der Waals surface area (Å²) in [7, 11) is 1.46. The molecule has 150 valence electrons. The number of nitrogens with one attached hydrogen (secondary N) is 1. The van der Waals surface area contributed by atoms with E-state index in [4.69, 9.17) is 25.8 Å². The maximum atomic E-state index is 12.4. The number of amides is 1. The smallest absolute Gasteiger partial charge is 0.339 e. The zero-order valence-corrected chi connectivity index (χ0v) is 17.1. The Labute approximate surface area is 165 Å². The van der Waals surface area contributed by atoms with E-state index in [1.165, 1.54) is 25.7 Å². The summed E-state index contributed by atoms with van der Waals surface area (Å²) in [4.78, 5) is 24.8. The van der Waals surface area contributed by atoms with Crippen LogP contribution in [0.3, 0.4) is 0 Å². The van der Waals surface area contributed by atoms with Gasteiger partial charge in [-0.05, 0) is 44.7 Å². The van der Waals surface area contributed by atoms with Crippen molar-refractivity contribution >= 4 is 23.5 Å². The van der Waals surface area contributed by atoms with Gasteiger partial charge in [-0.2, -0.15) is 0 Å². The SMILES string of the molecule is CCOc1c(Cl)cc(C(=O)O[C@@H](C)C(=O)N[C@@H]2CCCC[C@@H]2C)cc1OC. The van der Waals surface area contributed by atoms with Crippen molar-refractivity contribution in [2.45, 2.75) is 58.6 Å². The predicted molar refractivity (Wildman–Crippen MR) is 104 cm³/mol. The van der Waals surface area contributed by atoms with E-state index in [1.54, 1.807) is 6.92 Å². The van der Waals surface area contributed by atoms with Crippen molar-refractivity contribution in [3.05, 3.63) is 22.7 Å². The highest BCUT2D eigenvalue weighted by Crippen LogP contribution is 2.36. The van der Waals surface area contributed by atoms with Crippen molar-refractivity contribution in [1.82, 2.24) is 5.32 Å². The highest BCUT2D eigenvalue weighted by molar-refractivity contribution is 6.32. The zero-order chi connectivity index (χ0) is 20.0. The van der Waals surface area contributed by atoms with E-state index in [9.17, 15) is 9.59 Å². The van der Waals surface area contributed by atoms with E-state index < -0.39 is 12.1 Å². The van der Waals surface area contributed by atoms with Crippen LogP contribution in [0, 0.1) is 5.92 Å². The second-order valence-electron chi connectivity index (χ2n) is 6.85. The summed E-state index contributed by atoms with van der Waals surface area (Å²) in [5.74, 6) is 0.211. The maximum absolute atomic E-state index is 12.4. The topological polar surface area (TPSA) is 73.9 Å². The molecular weight excluding hydrogens is 370 g/mol. The fraction of sp³-hybridized carbons (Fsp3) is 0.600. The first kappa shape index (κ1) is 21.4. The first-order valence-corrected chi connectivity index (χ1v) is 9.76. The largest absolute Gasteiger partial charge is 0.493 e. The number of ether oxygens (including phenoxy) is 3. The van der Waals surface area contributed by atoms with E-state index >= 15 is 0 Å². The minimum absolute atomic E-state index is 0.132. The van der Waals surface area contributed by atoms with Crippen LogP contribution in [0.5, 0.6) is 11.5 Å². The molecule has 27 heavy (non-hydrogen) atoms. The van der Waals surface area contributed by atoms with E-state index in [-0.39, 0.29) is 22.5 Å². The molecule has 0 radical (unpaired) electrons. The Kier molecular flexibility index (Phi) is 7.78. The lowest BCUT2D eigenvalue weighted by Gasteiger charge is -2.30. The first-order valence-electron chi connectivity index (χ1n) is 9.39.